The van der Waals surface area contributed by atoms with Crippen molar-refractivity contribution in [1.29, 1.82) is 0 Å². The fourth-order valence-corrected chi connectivity index (χ4v) is 4.50. The van der Waals surface area contributed by atoms with Gasteiger partial charge in [-0.05, 0) is 19.3 Å². The van der Waals surface area contributed by atoms with Gasteiger partial charge in [-0.15, -0.1) is 11.3 Å². The molecule has 1 saturated heterocycles. The van der Waals surface area contributed by atoms with Crippen molar-refractivity contribution in [1.82, 2.24) is 9.88 Å². The van der Waals surface area contributed by atoms with Gasteiger partial charge in [-0.2, -0.15) is 0 Å². The van der Waals surface area contributed by atoms with Crippen molar-refractivity contribution in [3.05, 3.63) is 16.1 Å². The molecule has 1 aromatic rings. The molecular formula is C16H26N2OS. The molecule has 1 N–H and O–H groups in total. The Morgan fingerprint density at radius 3 is 3.05 bits per heavy atom. The highest BCUT2D eigenvalue weighted by molar-refractivity contribution is 7.09. The van der Waals surface area contributed by atoms with Crippen LogP contribution in [0.3, 0.4) is 0 Å². The Hall–Kier alpha value is -0.450. The number of aliphatic hydroxyl groups is 1. The Kier molecular flexibility index (Phi) is 4.16. The molecule has 1 aliphatic carbocycles. The minimum atomic E-state index is -0.361. The van der Waals surface area contributed by atoms with E-state index in [1.54, 1.807) is 11.3 Å². The molecule has 1 aliphatic heterocycles. The summed E-state index contributed by atoms with van der Waals surface area (Å²) in [5, 5.41) is 14.2. The summed E-state index contributed by atoms with van der Waals surface area (Å²) in [4.78, 5) is 7.23. The van der Waals surface area contributed by atoms with Gasteiger partial charge in [-0.3, -0.25) is 4.90 Å². The summed E-state index contributed by atoms with van der Waals surface area (Å²) in [6.45, 7) is 7.42. The molecule has 0 spiro atoms. The van der Waals surface area contributed by atoms with Gasteiger partial charge in [-0.1, -0.05) is 26.7 Å². The third kappa shape index (κ3) is 2.92. The second kappa shape index (κ2) is 5.74. The molecule has 0 bridgehead atoms. The van der Waals surface area contributed by atoms with Crippen LogP contribution in [0.1, 0.15) is 62.6 Å². The maximum Gasteiger partial charge on any atom is 0.0954 e. The second-order valence-corrected chi connectivity index (χ2v) is 7.75. The van der Waals surface area contributed by atoms with Gasteiger partial charge < -0.3 is 5.11 Å². The molecule has 2 fully saturated rings. The van der Waals surface area contributed by atoms with E-state index in [2.05, 4.69) is 24.1 Å². The van der Waals surface area contributed by atoms with Crippen LogP contribution in [0.5, 0.6) is 0 Å². The number of likely N-dealkylation sites (tertiary alicyclic amines) is 1. The third-order valence-corrected chi connectivity index (χ3v) is 6.15. The van der Waals surface area contributed by atoms with Crippen LogP contribution in [0.25, 0.3) is 0 Å². The molecule has 2 heterocycles. The predicted molar refractivity (Wildman–Crippen MR) is 83.0 cm³/mol. The van der Waals surface area contributed by atoms with Crippen molar-refractivity contribution < 1.29 is 5.11 Å². The van der Waals surface area contributed by atoms with E-state index in [1.165, 1.54) is 30.0 Å². The highest BCUT2D eigenvalue weighted by Gasteiger charge is 2.42. The van der Waals surface area contributed by atoms with Crippen molar-refractivity contribution >= 4 is 11.3 Å². The van der Waals surface area contributed by atoms with Crippen LogP contribution in [0.4, 0.5) is 0 Å². The molecule has 2 unspecified atom stereocenters. The number of rotatable bonds is 3. The van der Waals surface area contributed by atoms with Crippen LogP contribution >= 0.6 is 11.3 Å². The lowest BCUT2D eigenvalue weighted by Gasteiger charge is -2.47. The zero-order chi connectivity index (χ0) is 14.2. The van der Waals surface area contributed by atoms with Crippen molar-refractivity contribution in [2.45, 2.75) is 64.0 Å². The summed E-state index contributed by atoms with van der Waals surface area (Å²) in [6.07, 6.45) is 5.64. The molecule has 112 valence electrons. The fraction of sp³-hybridized carbons (Fsp3) is 0.812. The van der Waals surface area contributed by atoms with Gasteiger partial charge in [0.1, 0.15) is 0 Å². The molecule has 3 nitrogen and oxygen atoms in total. The quantitative estimate of drug-likeness (QED) is 0.928. The Morgan fingerprint density at radius 1 is 1.45 bits per heavy atom. The van der Waals surface area contributed by atoms with E-state index >= 15 is 0 Å². The van der Waals surface area contributed by atoms with Crippen LogP contribution < -0.4 is 0 Å². The Bertz CT molecular complexity index is 459. The van der Waals surface area contributed by atoms with E-state index in [0.29, 0.717) is 11.8 Å². The topological polar surface area (TPSA) is 36.4 Å². The largest absolute Gasteiger partial charge is 0.390 e. The Labute approximate surface area is 126 Å². The number of piperidine rings is 1. The van der Waals surface area contributed by atoms with E-state index in [9.17, 15) is 5.11 Å². The van der Waals surface area contributed by atoms with E-state index in [1.807, 2.05) is 0 Å². The van der Waals surface area contributed by atoms with Crippen molar-refractivity contribution in [3.63, 3.8) is 0 Å². The molecular weight excluding hydrogens is 268 g/mol. The summed E-state index contributed by atoms with van der Waals surface area (Å²) in [7, 11) is 0. The Morgan fingerprint density at radius 2 is 2.30 bits per heavy atom. The maximum absolute atomic E-state index is 10.7. The van der Waals surface area contributed by atoms with Crippen molar-refractivity contribution in [3.8, 4) is 0 Å². The standard InChI is InChI=1S/C16H26N2OS/c1-12(2)15-17-14(11-20-15)10-18-8-7-16(19)6-4-3-5-13(16)9-18/h11-13,19H,3-10H2,1-2H3. The molecule has 1 aromatic heterocycles. The van der Waals surface area contributed by atoms with Crippen LogP contribution in [-0.2, 0) is 6.54 Å². The van der Waals surface area contributed by atoms with Gasteiger partial charge in [0, 0.05) is 36.9 Å². The molecule has 20 heavy (non-hydrogen) atoms. The molecule has 0 amide bonds. The number of thiazole rings is 1. The van der Waals surface area contributed by atoms with Gasteiger partial charge >= 0.3 is 0 Å². The molecule has 0 radical (unpaired) electrons. The molecule has 4 heteroatoms. The van der Waals surface area contributed by atoms with E-state index in [-0.39, 0.29) is 5.60 Å². The first-order valence-electron chi connectivity index (χ1n) is 7.96. The molecule has 1 saturated carbocycles. The number of hydrogen-bond acceptors (Lipinski definition) is 4. The summed E-state index contributed by atoms with van der Waals surface area (Å²) in [6, 6.07) is 0. The van der Waals surface area contributed by atoms with Crippen molar-refractivity contribution in [2.24, 2.45) is 5.92 Å². The summed E-state index contributed by atoms with van der Waals surface area (Å²) in [5.41, 5.74) is 0.847. The smallest absolute Gasteiger partial charge is 0.0954 e. The average molecular weight is 294 g/mol. The molecule has 0 aromatic carbocycles. The van der Waals surface area contributed by atoms with E-state index in [0.717, 1.165) is 32.5 Å². The first-order chi connectivity index (χ1) is 9.57. The number of nitrogens with zero attached hydrogens (tertiary/aromatic N) is 2. The predicted octanol–water partition coefficient (Wildman–Crippen LogP) is 3.39. The lowest BCUT2D eigenvalue weighted by Crippen LogP contribution is -2.52. The van der Waals surface area contributed by atoms with Crippen molar-refractivity contribution in [2.75, 3.05) is 13.1 Å². The third-order valence-electron chi connectivity index (χ3n) is 4.96. The average Bonchev–Trinajstić information content (AvgIpc) is 2.88. The van der Waals surface area contributed by atoms with Gasteiger partial charge in [-0.25, -0.2) is 4.98 Å². The maximum atomic E-state index is 10.7. The normalized spacial score (nSPS) is 31.5. The van der Waals surface area contributed by atoms with Gasteiger partial charge in [0.05, 0.1) is 16.3 Å². The SMILES string of the molecule is CC(C)c1nc(CN2CCC3(O)CCCCC3C2)cs1. The van der Waals surface area contributed by atoms with Gasteiger partial charge in [0.15, 0.2) is 0 Å². The highest BCUT2D eigenvalue weighted by Crippen LogP contribution is 2.40. The first-order valence-corrected chi connectivity index (χ1v) is 8.84. The lowest BCUT2D eigenvalue weighted by molar-refractivity contribution is -0.0969. The zero-order valence-electron chi connectivity index (χ0n) is 12.6. The van der Waals surface area contributed by atoms with Crippen LogP contribution in [0, 0.1) is 5.92 Å². The fourth-order valence-electron chi connectivity index (χ4n) is 3.67. The second-order valence-electron chi connectivity index (χ2n) is 6.86. The Balaban J connectivity index is 1.61. The summed E-state index contributed by atoms with van der Waals surface area (Å²) in [5.74, 6) is 1.01. The van der Waals surface area contributed by atoms with Crippen LogP contribution in [-0.4, -0.2) is 33.7 Å². The minimum Gasteiger partial charge on any atom is -0.390 e. The van der Waals surface area contributed by atoms with E-state index in [4.69, 9.17) is 4.98 Å². The lowest BCUT2D eigenvalue weighted by atomic mass is 9.71. The molecule has 2 aliphatic rings. The molecule has 3 rings (SSSR count). The minimum absolute atomic E-state index is 0.361. The summed E-state index contributed by atoms with van der Waals surface area (Å²) < 4.78 is 0. The van der Waals surface area contributed by atoms with Crippen LogP contribution in [0.15, 0.2) is 5.38 Å². The number of fused-ring (bicyclic) bond motifs is 1. The van der Waals surface area contributed by atoms with Gasteiger partial charge in [0.2, 0.25) is 0 Å². The molecule has 2 atom stereocenters. The number of aromatic nitrogens is 1. The zero-order valence-corrected chi connectivity index (χ0v) is 13.5. The highest BCUT2D eigenvalue weighted by atomic mass is 32.1. The monoisotopic (exact) mass is 294 g/mol. The number of hydrogen-bond donors (Lipinski definition) is 1. The van der Waals surface area contributed by atoms with E-state index < -0.39 is 0 Å². The first kappa shape index (κ1) is 14.5. The summed E-state index contributed by atoms with van der Waals surface area (Å²) >= 11 is 1.78. The van der Waals surface area contributed by atoms with Crippen LogP contribution in [0.2, 0.25) is 0 Å². The van der Waals surface area contributed by atoms with Gasteiger partial charge in [0.25, 0.3) is 0 Å².